The summed E-state index contributed by atoms with van der Waals surface area (Å²) in [7, 11) is 0. The Morgan fingerprint density at radius 1 is 0.519 bits per heavy atom. The van der Waals surface area contributed by atoms with Gasteiger partial charge in [0.25, 0.3) is 0 Å². The van der Waals surface area contributed by atoms with Crippen molar-refractivity contribution in [3.05, 3.63) is 244 Å². The standard InChI is InChI=1S/C74H74BN5O/c1-46-26-24-27-47(2)64(46)66-62-34-25-35-63-78(54-32-22-17-23-33-54)70-68(75(80(62)63)59-41-51(40-57(65(59)66)73(9,10)11)60-42-50(38-39-76-60)48-28-18-15-19-29-48)77-69(56-44-53(72(6,7)8)45-58(67(56)81)74(12,13)14)79(70)61-37-36-52(71(3,4)5)43-55(61)49-30-20-16-21-31-49/h15-45,81H,1-14H3. The lowest BCUT2D eigenvalue weighted by atomic mass is 9.45. The number of phenolic OH excluding ortho intramolecular Hbond substituents is 1. The van der Waals surface area contributed by atoms with Crippen molar-refractivity contribution in [2.45, 2.75) is 119 Å². The number of nitrogens with zero attached hydrogens (tertiary/aromatic N) is 5. The van der Waals surface area contributed by atoms with E-state index in [1.807, 2.05) is 6.20 Å². The van der Waals surface area contributed by atoms with E-state index in [9.17, 15) is 5.11 Å². The number of hydrogen-bond acceptors (Lipinski definition) is 5. The minimum Gasteiger partial charge on any atom is -0.507 e. The van der Waals surface area contributed by atoms with Crippen molar-refractivity contribution in [2.75, 3.05) is 4.90 Å². The predicted octanol–water partition coefficient (Wildman–Crippen LogP) is 17.2. The molecular weight excluding hydrogens is 986 g/mol. The molecule has 7 aromatic carbocycles. The SMILES string of the molecule is Cc1cccc(C)c1C1=C2C=CC=C3N2B(c2cc(-c4cc(-c5ccccc5)ccn4)cc(C(C)(C)C)c21)c1nc(-c2cc(C(C)(C)C)cc(C(C)(C)C)c2O)n(-c2ccc(C(C)(C)C)cc2-c2ccccc2)c1N3c1ccccc1. The molecule has 7 heteroatoms. The fraction of sp³-hybridized carbons (Fsp3) is 0.243. The highest BCUT2D eigenvalue weighted by atomic mass is 16.3. The second-order valence-electron chi connectivity index (χ2n) is 26.6. The number of para-hydroxylation sites is 1. The third-order valence-electron chi connectivity index (χ3n) is 16.7. The summed E-state index contributed by atoms with van der Waals surface area (Å²) in [5.74, 6) is 2.81. The molecule has 0 bridgehead atoms. The number of anilines is 2. The highest BCUT2D eigenvalue weighted by Crippen LogP contribution is 2.51. The summed E-state index contributed by atoms with van der Waals surface area (Å²) in [5, 5.41) is 13.3. The normalized spacial score (nSPS) is 14.2. The highest BCUT2D eigenvalue weighted by molar-refractivity contribution is 6.86. The van der Waals surface area contributed by atoms with Crippen LogP contribution >= 0.6 is 0 Å². The lowest BCUT2D eigenvalue weighted by Crippen LogP contribution is -2.65. The van der Waals surface area contributed by atoms with Crippen LogP contribution in [0.25, 0.3) is 56.2 Å². The summed E-state index contributed by atoms with van der Waals surface area (Å²) in [5.41, 5.74) is 21.6. The third-order valence-corrected chi connectivity index (χ3v) is 16.7. The van der Waals surface area contributed by atoms with E-state index in [0.717, 1.165) is 84.4 Å². The van der Waals surface area contributed by atoms with Gasteiger partial charge in [0.1, 0.15) is 23.2 Å². The average molecular weight is 1060 g/mol. The number of phenols is 1. The van der Waals surface area contributed by atoms with Crippen molar-refractivity contribution in [2.24, 2.45) is 0 Å². The molecule has 1 N–H and O–H groups in total. The van der Waals surface area contributed by atoms with E-state index >= 15 is 0 Å². The Morgan fingerprint density at radius 3 is 1.77 bits per heavy atom. The van der Waals surface area contributed by atoms with Gasteiger partial charge >= 0.3 is 6.85 Å². The molecule has 2 aromatic heterocycles. The lowest BCUT2D eigenvalue weighted by Gasteiger charge is -2.49. The average Bonchev–Trinajstić information content (AvgIpc) is 3.57. The summed E-state index contributed by atoms with van der Waals surface area (Å²) in [4.78, 5) is 16.4. The van der Waals surface area contributed by atoms with Gasteiger partial charge in [0.05, 0.1) is 22.5 Å². The first kappa shape index (κ1) is 53.2. The zero-order chi connectivity index (χ0) is 57.1. The number of allylic oxidation sites excluding steroid dienone is 3. The summed E-state index contributed by atoms with van der Waals surface area (Å²) in [6.07, 6.45) is 8.80. The zero-order valence-electron chi connectivity index (χ0n) is 49.7. The number of rotatable bonds is 7. The first-order valence-corrected chi connectivity index (χ1v) is 28.7. The number of aryl methyl sites for hydroxylation is 2. The van der Waals surface area contributed by atoms with Gasteiger partial charge in [-0.15, -0.1) is 0 Å². The minimum atomic E-state index is -0.448. The molecule has 12 rings (SSSR count). The molecule has 0 unspecified atom stereocenters. The number of pyridine rings is 1. The van der Waals surface area contributed by atoms with Crippen LogP contribution < -0.4 is 16.0 Å². The van der Waals surface area contributed by atoms with Gasteiger partial charge in [-0.1, -0.05) is 204 Å². The maximum Gasteiger partial charge on any atom is 0.355 e. The van der Waals surface area contributed by atoms with Crippen LogP contribution in [0.4, 0.5) is 11.5 Å². The Balaban J connectivity index is 1.29. The molecular formula is C74H74BN5O. The highest BCUT2D eigenvalue weighted by Gasteiger charge is 2.52. The number of hydrogen-bond donors (Lipinski definition) is 1. The smallest absolute Gasteiger partial charge is 0.355 e. The molecule has 3 aliphatic heterocycles. The van der Waals surface area contributed by atoms with Crippen molar-refractivity contribution in [1.82, 2.24) is 19.3 Å². The number of aromatic nitrogens is 3. The molecule has 0 saturated heterocycles. The van der Waals surface area contributed by atoms with Crippen molar-refractivity contribution in [3.8, 4) is 56.3 Å². The van der Waals surface area contributed by atoms with Crippen molar-refractivity contribution in [3.63, 3.8) is 0 Å². The minimum absolute atomic E-state index is 0.143. The van der Waals surface area contributed by atoms with Crippen LogP contribution in [0.3, 0.4) is 0 Å². The van der Waals surface area contributed by atoms with Crippen molar-refractivity contribution < 1.29 is 5.11 Å². The van der Waals surface area contributed by atoms with Gasteiger partial charge < -0.3 is 9.92 Å². The Hall–Kier alpha value is -8.42. The monoisotopic (exact) mass is 1060 g/mol. The summed E-state index contributed by atoms with van der Waals surface area (Å²) < 4.78 is 2.39. The first-order valence-electron chi connectivity index (χ1n) is 28.7. The molecule has 81 heavy (non-hydrogen) atoms. The van der Waals surface area contributed by atoms with Crippen molar-refractivity contribution >= 4 is 35.0 Å². The van der Waals surface area contributed by atoms with E-state index < -0.39 is 12.3 Å². The topological polar surface area (TPSA) is 57.4 Å². The Labute approximate surface area is 481 Å². The second kappa shape index (κ2) is 19.4. The third kappa shape index (κ3) is 9.15. The molecule has 0 fully saturated rings. The van der Waals surface area contributed by atoms with Crippen LogP contribution in [0.5, 0.6) is 5.75 Å². The number of benzene rings is 7. The van der Waals surface area contributed by atoms with Gasteiger partial charge in [-0.25, -0.2) is 4.98 Å². The van der Waals surface area contributed by atoms with Crippen molar-refractivity contribution in [1.29, 1.82) is 0 Å². The predicted molar refractivity (Wildman–Crippen MR) is 341 cm³/mol. The maximum atomic E-state index is 13.3. The largest absolute Gasteiger partial charge is 0.507 e. The van der Waals surface area contributed by atoms with E-state index in [1.54, 1.807) is 0 Å². The van der Waals surface area contributed by atoms with E-state index in [1.165, 1.54) is 39.0 Å². The van der Waals surface area contributed by atoms with E-state index in [4.69, 9.17) is 9.97 Å². The van der Waals surface area contributed by atoms with Crippen LogP contribution in [-0.4, -0.2) is 31.3 Å². The molecule has 0 atom stereocenters. The first-order chi connectivity index (χ1) is 38.5. The summed E-state index contributed by atoms with van der Waals surface area (Å²) in [6, 6.07) is 59.5. The molecule has 9 aromatic rings. The van der Waals surface area contributed by atoms with E-state index in [-0.39, 0.29) is 22.0 Å². The molecule has 3 aliphatic rings. The van der Waals surface area contributed by atoms with Crippen LogP contribution in [0.1, 0.15) is 128 Å². The number of aromatic hydroxyl groups is 1. The fourth-order valence-electron chi connectivity index (χ4n) is 12.5. The molecule has 0 spiro atoms. The van der Waals surface area contributed by atoms with Gasteiger partial charge in [-0.05, 0) is 157 Å². The Morgan fingerprint density at radius 2 is 1.14 bits per heavy atom. The van der Waals surface area contributed by atoms with Gasteiger partial charge in [-0.2, -0.15) is 0 Å². The Bertz CT molecular complexity index is 4040. The molecule has 0 saturated carbocycles. The van der Waals surface area contributed by atoms with Crippen LogP contribution in [-0.2, 0) is 21.7 Å². The van der Waals surface area contributed by atoms with Crippen LogP contribution in [0.15, 0.2) is 200 Å². The van der Waals surface area contributed by atoms with Gasteiger partial charge in [0.2, 0.25) is 0 Å². The van der Waals surface area contributed by atoms with E-state index in [0.29, 0.717) is 11.4 Å². The molecule has 0 aliphatic carbocycles. The maximum absolute atomic E-state index is 13.3. The molecule has 0 radical (unpaired) electrons. The van der Waals surface area contributed by atoms with Gasteiger partial charge in [0.15, 0.2) is 0 Å². The number of imidazole rings is 1. The quantitative estimate of drug-likeness (QED) is 0.161. The second-order valence-corrected chi connectivity index (χ2v) is 26.6. The van der Waals surface area contributed by atoms with Gasteiger partial charge in [0, 0.05) is 39.8 Å². The number of fused-ring (bicyclic) bond motifs is 4. The molecule has 5 heterocycles. The lowest BCUT2D eigenvalue weighted by molar-refractivity contribution is 0.446. The van der Waals surface area contributed by atoms with E-state index in [2.05, 4.69) is 293 Å². The zero-order valence-corrected chi connectivity index (χ0v) is 49.7. The fourth-order valence-corrected chi connectivity index (χ4v) is 12.5. The molecule has 404 valence electrons. The van der Waals surface area contributed by atoms with Gasteiger partial charge in [-0.3, -0.25) is 14.5 Å². The molecule has 6 nitrogen and oxygen atoms in total. The van der Waals surface area contributed by atoms with Crippen LogP contribution in [0, 0.1) is 13.8 Å². The summed E-state index contributed by atoms with van der Waals surface area (Å²) in [6.45, 7) is 31.3. The molecule has 0 amide bonds. The summed E-state index contributed by atoms with van der Waals surface area (Å²) >= 11 is 0. The Kier molecular flexibility index (Phi) is 12.8. The van der Waals surface area contributed by atoms with Crippen LogP contribution in [0.2, 0.25) is 0 Å².